The second-order valence-corrected chi connectivity index (χ2v) is 3.98. The predicted octanol–water partition coefficient (Wildman–Crippen LogP) is 2.72. The summed E-state index contributed by atoms with van der Waals surface area (Å²) in [6.45, 7) is 12.6. The van der Waals surface area contributed by atoms with Gasteiger partial charge in [0, 0.05) is 23.6 Å². The highest BCUT2D eigenvalue weighted by molar-refractivity contribution is 5.59. The van der Waals surface area contributed by atoms with Gasteiger partial charge in [0.25, 0.3) is 0 Å². The molecule has 1 heterocycles. The second-order valence-electron chi connectivity index (χ2n) is 3.98. The molecule has 0 bridgehead atoms. The van der Waals surface area contributed by atoms with Gasteiger partial charge in [0.2, 0.25) is 5.69 Å². The van der Waals surface area contributed by atoms with Gasteiger partial charge < -0.3 is 0 Å². The summed E-state index contributed by atoms with van der Waals surface area (Å²) in [7, 11) is 2.12. The Morgan fingerprint density at radius 1 is 1.43 bits per heavy atom. The minimum absolute atomic E-state index is 1.07. The molecule has 0 aliphatic carbocycles. The molecule has 1 heteroatoms. The van der Waals surface area contributed by atoms with E-state index in [1.54, 1.807) is 0 Å². The molecule has 0 aliphatic rings. The monoisotopic (exact) mass is 190 g/mol. The van der Waals surface area contributed by atoms with Gasteiger partial charge in [0.1, 0.15) is 7.05 Å². The second kappa shape index (κ2) is 3.95. The average Bonchev–Trinajstić information content (AvgIpc) is 2.12. The van der Waals surface area contributed by atoms with Crippen LogP contribution in [0.4, 0.5) is 0 Å². The molecule has 0 unspecified atom stereocenters. The number of hydrogen-bond acceptors (Lipinski definition) is 0. The van der Waals surface area contributed by atoms with Crippen molar-refractivity contribution in [3.8, 4) is 0 Å². The smallest absolute Gasteiger partial charge is 0.198 e. The summed E-state index contributed by atoms with van der Waals surface area (Å²) in [6.07, 6.45) is 1.07. The predicted molar refractivity (Wildman–Crippen MR) is 61.2 cm³/mol. The van der Waals surface area contributed by atoms with Gasteiger partial charge in [-0.15, -0.1) is 0 Å². The molecule has 14 heavy (non-hydrogen) atoms. The summed E-state index contributed by atoms with van der Waals surface area (Å²) >= 11 is 0. The zero-order chi connectivity index (χ0) is 10.9. The van der Waals surface area contributed by atoms with E-state index >= 15 is 0 Å². The number of aromatic nitrogens is 1. The van der Waals surface area contributed by atoms with Crippen LogP contribution in [0.2, 0.25) is 0 Å². The zero-order valence-corrected chi connectivity index (χ0v) is 9.94. The molecule has 0 spiro atoms. The number of nitrogens with zero attached hydrogens (tertiary/aromatic N) is 1. The van der Waals surface area contributed by atoms with Crippen LogP contribution in [-0.2, 0) is 13.5 Å². The minimum atomic E-state index is 1.07. The lowest BCUT2D eigenvalue weighted by Gasteiger charge is -2.09. The molecule has 0 aromatic carbocycles. The molecule has 1 nitrogen and oxygen atoms in total. The first-order valence-electron chi connectivity index (χ1n) is 5.14. The number of pyridine rings is 1. The van der Waals surface area contributed by atoms with E-state index in [0.29, 0.717) is 0 Å². The number of allylic oxidation sites excluding steroid dienone is 1. The summed E-state index contributed by atoms with van der Waals surface area (Å²) in [5.41, 5.74) is 6.50. The van der Waals surface area contributed by atoms with E-state index in [-0.39, 0.29) is 0 Å². The molecular formula is C13H20N+. The van der Waals surface area contributed by atoms with E-state index in [1.165, 1.54) is 22.5 Å². The topological polar surface area (TPSA) is 3.88 Å². The third kappa shape index (κ3) is 1.72. The summed E-state index contributed by atoms with van der Waals surface area (Å²) in [5, 5.41) is 0. The van der Waals surface area contributed by atoms with Crippen molar-refractivity contribution >= 4 is 5.57 Å². The molecule has 0 saturated carbocycles. The maximum absolute atomic E-state index is 4.04. The van der Waals surface area contributed by atoms with Crippen molar-refractivity contribution in [2.45, 2.75) is 34.1 Å². The molecule has 0 atom stereocenters. The summed E-state index contributed by atoms with van der Waals surface area (Å²) < 4.78 is 2.25. The maximum atomic E-state index is 4.04. The Morgan fingerprint density at radius 3 is 2.43 bits per heavy atom. The van der Waals surface area contributed by atoms with Gasteiger partial charge in [-0.25, -0.2) is 0 Å². The van der Waals surface area contributed by atoms with Crippen molar-refractivity contribution in [1.29, 1.82) is 0 Å². The van der Waals surface area contributed by atoms with Crippen LogP contribution < -0.4 is 4.57 Å². The van der Waals surface area contributed by atoms with E-state index in [0.717, 1.165) is 12.0 Å². The van der Waals surface area contributed by atoms with Crippen LogP contribution in [0.5, 0.6) is 0 Å². The van der Waals surface area contributed by atoms with Gasteiger partial charge in [-0.3, -0.25) is 0 Å². The molecule has 0 aliphatic heterocycles. The van der Waals surface area contributed by atoms with Crippen LogP contribution in [-0.4, -0.2) is 0 Å². The van der Waals surface area contributed by atoms with Gasteiger partial charge in [0.05, 0.1) is 0 Å². The third-order valence-corrected chi connectivity index (χ3v) is 2.89. The summed E-state index contributed by atoms with van der Waals surface area (Å²) in [6, 6.07) is 2.28. The van der Waals surface area contributed by atoms with Crippen molar-refractivity contribution in [3.63, 3.8) is 0 Å². The van der Waals surface area contributed by atoms with Crippen LogP contribution in [0.3, 0.4) is 0 Å². The van der Waals surface area contributed by atoms with E-state index in [2.05, 4.69) is 52.0 Å². The number of hydrogen-bond donors (Lipinski definition) is 0. The standard InChI is InChI=1S/C13H20N/c1-7-12-8-10(4)11(5)14(6)13(12)9(2)3/h8H,2,7H2,1,3-6H3/q+1. The molecule has 0 N–H and O–H groups in total. The molecule has 76 valence electrons. The molecular weight excluding hydrogens is 170 g/mol. The van der Waals surface area contributed by atoms with Gasteiger partial charge in [0.15, 0.2) is 5.69 Å². The molecule has 0 saturated heterocycles. The van der Waals surface area contributed by atoms with Gasteiger partial charge in [-0.05, 0) is 26.3 Å². The fraction of sp³-hybridized carbons (Fsp3) is 0.462. The quantitative estimate of drug-likeness (QED) is 0.631. The zero-order valence-electron chi connectivity index (χ0n) is 9.94. The Morgan fingerprint density at radius 2 is 2.00 bits per heavy atom. The van der Waals surface area contributed by atoms with E-state index in [9.17, 15) is 0 Å². The summed E-state index contributed by atoms with van der Waals surface area (Å²) in [5.74, 6) is 0. The lowest BCUT2D eigenvalue weighted by Crippen LogP contribution is -2.38. The normalized spacial score (nSPS) is 10.4. The van der Waals surface area contributed by atoms with Crippen LogP contribution in [0, 0.1) is 13.8 Å². The largest absolute Gasteiger partial charge is 0.210 e. The molecule has 1 rings (SSSR count). The minimum Gasteiger partial charge on any atom is -0.198 e. The highest BCUT2D eigenvalue weighted by Gasteiger charge is 2.17. The SMILES string of the molecule is C=C(C)c1c(CC)cc(C)c(C)[n+]1C. The Hall–Kier alpha value is -1.11. The fourth-order valence-electron chi connectivity index (χ4n) is 1.91. The van der Waals surface area contributed by atoms with Crippen LogP contribution in [0.25, 0.3) is 5.57 Å². The molecule has 1 aromatic rings. The first kappa shape index (κ1) is 11.0. The van der Waals surface area contributed by atoms with Gasteiger partial charge in [-0.1, -0.05) is 13.5 Å². The van der Waals surface area contributed by atoms with E-state index in [1.807, 2.05) is 0 Å². The highest BCUT2D eigenvalue weighted by Crippen LogP contribution is 2.16. The lowest BCUT2D eigenvalue weighted by molar-refractivity contribution is -0.680. The number of aryl methyl sites for hydroxylation is 2. The maximum Gasteiger partial charge on any atom is 0.210 e. The van der Waals surface area contributed by atoms with Crippen molar-refractivity contribution in [2.24, 2.45) is 7.05 Å². The average molecular weight is 190 g/mol. The third-order valence-electron chi connectivity index (χ3n) is 2.89. The van der Waals surface area contributed by atoms with Crippen LogP contribution >= 0.6 is 0 Å². The first-order valence-corrected chi connectivity index (χ1v) is 5.14. The molecule has 0 radical (unpaired) electrons. The highest BCUT2D eigenvalue weighted by atomic mass is 14.9. The Kier molecular flexibility index (Phi) is 3.10. The van der Waals surface area contributed by atoms with Crippen molar-refractivity contribution in [1.82, 2.24) is 0 Å². The number of rotatable bonds is 2. The van der Waals surface area contributed by atoms with Crippen LogP contribution in [0.1, 0.15) is 36.4 Å². The lowest BCUT2D eigenvalue weighted by atomic mass is 10.0. The fourth-order valence-corrected chi connectivity index (χ4v) is 1.91. The molecule has 1 aromatic heterocycles. The van der Waals surface area contributed by atoms with Gasteiger partial charge in [-0.2, -0.15) is 4.57 Å². The Labute approximate surface area is 87.1 Å². The Bertz CT molecular complexity index is 375. The van der Waals surface area contributed by atoms with Crippen molar-refractivity contribution in [2.75, 3.05) is 0 Å². The van der Waals surface area contributed by atoms with E-state index < -0.39 is 0 Å². The Balaban J connectivity index is 3.53. The van der Waals surface area contributed by atoms with Crippen LogP contribution in [0.15, 0.2) is 12.6 Å². The molecule has 0 amide bonds. The van der Waals surface area contributed by atoms with Crippen molar-refractivity contribution < 1.29 is 4.57 Å². The first-order chi connectivity index (χ1) is 6.49. The molecule has 0 fully saturated rings. The van der Waals surface area contributed by atoms with Crippen molar-refractivity contribution in [3.05, 3.63) is 35.2 Å². The van der Waals surface area contributed by atoms with E-state index in [4.69, 9.17) is 0 Å². The summed E-state index contributed by atoms with van der Waals surface area (Å²) in [4.78, 5) is 0. The van der Waals surface area contributed by atoms with Gasteiger partial charge >= 0.3 is 0 Å².